The fourth-order valence-corrected chi connectivity index (χ4v) is 4.34. The second kappa shape index (κ2) is 7.08. The lowest BCUT2D eigenvalue weighted by atomic mass is 10.1. The fraction of sp³-hybridized carbons (Fsp3) is 0.533. The van der Waals surface area contributed by atoms with E-state index in [9.17, 15) is 13.2 Å². The van der Waals surface area contributed by atoms with Crippen LogP contribution in [0.4, 0.5) is 0 Å². The van der Waals surface area contributed by atoms with Crippen LogP contribution in [0.2, 0.25) is 0 Å². The van der Waals surface area contributed by atoms with E-state index in [-0.39, 0.29) is 29.9 Å². The summed E-state index contributed by atoms with van der Waals surface area (Å²) in [6.45, 7) is 0. The zero-order chi connectivity index (χ0) is 17.0. The van der Waals surface area contributed by atoms with Crippen molar-refractivity contribution in [2.45, 2.75) is 18.9 Å². The third-order valence-electron chi connectivity index (χ3n) is 3.73. The first kappa shape index (κ1) is 17.4. The second-order valence-electron chi connectivity index (χ2n) is 5.34. The van der Waals surface area contributed by atoms with Gasteiger partial charge in [0.2, 0.25) is 11.7 Å². The molecule has 0 spiro atoms. The number of nitrogens with one attached hydrogen (secondary N) is 1. The predicted molar refractivity (Wildman–Crippen MR) is 85.0 cm³/mol. The number of amides is 1. The summed E-state index contributed by atoms with van der Waals surface area (Å²) in [7, 11) is 1.48. The Kier molecular flexibility index (Phi) is 5.35. The Balaban J connectivity index is 2.12. The Labute approximate surface area is 135 Å². The van der Waals surface area contributed by atoms with Gasteiger partial charge in [0.1, 0.15) is 0 Å². The van der Waals surface area contributed by atoms with Gasteiger partial charge in [-0.15, -0.1) is 0 Å². The minimum absolute atomic E-state index is 0.00179. The summed E-state index contributed by atoms with van der Waals surface area (Å²) in [4.78, 5) is 12.2. The molecule has 2 rings (SSSR count). The quantitative estimate of drug-likeness (QED) is 0.811. The Morgan fingerprint density at radius 2 is 1.87 bits per heavy atom. The van der Waals surface area contributed by atoms with E-state index in [0.717, 1.165) is 0 Å². The van der Waals surface area contributed by atoms with E-state index in [4.69, 9.17) is 14.2 Å². The number of methoxy groups -OCH3 is 3. The monoisotopic (exact) mass is 343 g/mol. The number of benzene rings is 1. The van der Waals surface area contributed by atoms with Crippen molar-refractivity contribution >= 4 is 15.7 Å². The molecule has 0 radical (unpaired) electrons. The summed E-state index contributed by atoms with van der Waals surface area (Å²) in [5.41, 5.74) is 0.642. The van der Waals surface area contributed by atoms with Crippen molar-refractivity contribution in [2.24, 2.45) is 0 Å². The molecule has 1 amide bonds. The van der Waals surface area contributed by atoms with Gasteiger partial charge in [0.25, 0.3) is 0 Å². The van der Waals surface area contributed by atoms with Gasteiger partial charge in [0, 0.05) is 11.6 Å². The Morgan fingerprint density at radius 3 is 2.39 bits per heavy atom. The van der Waals surface area contributed by atoms with Crippen LogP contribution in [0.3, 0.4) is 0 Å². The van der Waals surface area contributed by atoms with Gasteiger partial charge >= 0.3 is 0 Å². The smallest absolute Gasteiger partial charge is 0.224 e. The molecule has 0 aliphatic carbocycles. The van der Waals surface area contributed by atoms with Gasteiger partial charge in [-0.1, -0.05) is 6.07 Å². The average molecular weight is 343 g/mol. The van der Waals surface area contributed by atoms with Crippen LogP contribution in [0.15, 0.2) is 12.1 Å². The van der Waals surface area contributed by atoms with Crippen molar-refractivity contribution < 1.29 is 27.4 Å². The molecule has 1 heterocycles. The number of hydrogen-bond donors (Lipinski definition) is 1. The molecule has 1 atom stereocenters. The van der Waals surface area contributed by atoms with Gasteiger partial charge < -0.3 is 19.5 Å². The summed E-state index contributed by atoms with van der Waals surface area (Å²) in [5, 5.41) is 2.75. The highest BCUT2D eigenvalue weighted by Crippen LogP contribution is 2.39. The molecule has 1 aromatic carbocycles. The Hall–Kier alpha value is -1.96. The maximum Gasteiger partial charge on any atom is 0.224 e. The molecule has 128 valence electrons. The predicted octanol–water partition coefficient (Wildman–Crippen LogP) is 0.558. The van der Waals surface area contributed by atoms with E-state index in [2.05, 4.69) is 5.32 Å². The van der Waals surface area contributed by atoms with Gasteiger partial charge in [0.15, 0.2) is 21.3 Å². The topological polar surface area (TPSA) is 90.9 Å². The van der Waals surface area contributed by atoms with Crippen LogP contribution in [-0.2, 0) is 21.1 Å². The third-order valence-corrected chi connectivity index (χ3v) is 5.50. The van der Waals surface area contributed by atoms with Crippen LogP contribution >= 0.6 is 0 Å². The minimum atomic E-state index is -3.02. The molecule has 8 heteroatoms. The molecule has 1 unspecified atom stereocenters. The van der Waals surface area contributed by atoms with E-state index in [1.165, 1.54) is 21.3 Å². The van der Waals surface area contributed by atoms with Crippen molar-refractivity contribution in [3.63, 3.8) is 0 Å². The average Bonchev–Trinajstić information content (AvgIpc) is 2.85. The first-order valence-electron chi connectivity index (χ1n) is 7.17. The summed E-state index contributed by atoms with van der Waals surface area (Å²) >= 11 is 0. The van der Waals surface area contributed by atoms with E-state index < -0.39 is 9.84 Å². The van der Waals surface area contributed by atoms with Crippen LogP contribution < -0.4 is 19.5 Å². The zero-order valence-electron chi connectivity index (χ0n) is 13.4. The molecule has 1 N–H and O–H groups in total. The molecule has 1 fully saturated rings. The van der Waals surface area contributed by atoms with Crippen LogP contribution in [-0.4, -0.2) is 53.2 Å². The van der Waals surface area contributed by atoms with E-state index in [1.807, 2.05) is 0 Å². The third kappa shape index (κ3) is 4.07. The Morgan fingerprint density at radius 1 is 1.17 bits per heavy atom. The first-order chi connectivity index (χ1) is 10.9. The highest BCUT2D eigenvalue weighted by Gasteiger charge is 2.29. The van der Waals surface area contributed by atoms with Crippen molar-refractivity contribution in [1.82, 2.24) is 5.32 Å². The van der Waals surface area contributed by atoms with Gasteiger partial charge in [0.05, 0.1) is 39.3 Å². The molecule has 0 bridgehead atoms. The molecule has 1 aromatic rings. The lowest BCUT2D eigenvalue weighted by Gasteiger charge is -2.16. The van der Waals surface area contributed by atoms with Crippen molar-refractivity contribution in [1.29, 1.82) is 0 Å². The zero-order valence-corrected chi connectivity index (χ0v) is 14.2. The van der Waals surface area contributed by atoms with E-state index >= 15 is 0 Å². The molecule has 0 saturated carbocycles. The van der Waals surface area contributed by atoms with E-state index in [1.54, 1.807) is 12.1 Å². The number of carbonyl (C=O) groups excluding carboxylic acids is 1. The number of carbonyl (C=O) groups is 1. The summed E-state index contributed by atoms with van der Waals surface area (Å²) in [6, 6.07) is 3.11. The number of sulfone groups is 1. The van der Waals surface area contributed by atoms with Crippen LogP contribution in [0.5, 0.6) is 17.2 Å². The summed E-state index contributed by atoms with van der Waals surface area (Å²) in [5.74, 6) is 1.23. The summed E-state index contributed by atoms with van der Waals surface area (Å²) < 4.78 is 38.7. The SMILES string of the molecule is COc1ccc(CC(=O)NC2CCS(=O)(=O)C2)c(OC)c1OC. The molecule has 23 heavy (non-hydrogen) atoms. The lowest BCUT2D eigenvalue weighted by Crippen LogP contribution is -2.36. The molecular formula is C15H21NO6S. The lowest BCUT2D eigenvalue weighted by molar-refractivity contribution is -0.121. The second-order valence-corrected chi connectivity index (χ2v) is 7.57. The van der Waals surface area contributed by atoms with Crippen molar-refractivity contribution in [3.05, 3.63) is 17.7 Å². The maximum absolute atomic E-state index is 12.2. The molecule has 0 aromatic heterocycles. The molecule has 1 aliphatic heterocycles. The first-order valence-corrected chi connectivity index (χ1v) is 9.00. The molecular weight excluding hydrogens is 322 g/mol. The normalized spacial score (nSPS) is 19.2. The highest BCUT2D eigenvalue weighted by atomic mass is 32.2. The summed E-state index contributed by atoms with van der Waals surface area (Å²) in [6.07, 6.45) is 0.525. The standard InChI is InChI=1S/C15H21NO6S/c1-20-12-5-4-10(14(21-2)15(12)22-3)8-13(17)16-11-6-7-23(18,19)9-11/h4-5,11H,6-9H2,1-3H3,(H,16,17). The van der Waals surface area contributed by atoms with Gasteiger partial charge in [-0.3, -0.25) is 4.79 Å². The van der Waals surface area contributed by atoms with Crippen molar-refractivity contribution in [3.8, 4) is 17.2 Å². The Bertz CT molecular complexity index is 685. The number of hydrogen-bond acceptors (Lipinski definition) is 6. The number of ether oxygens (including phenoxy) is 3. The highest BCUT2D eigenvalue weighted by molar-refractivity contribution is 7.91. The van der Waals surface area contributed by atoms with E-state index in [0.29, 0.717) is 29.2 Å². The molecule has 7 nitrogen and oxygen atoms in total. The van der Waals surface area contributed by atoms with Gasteiger partial charge in [-0.25, -0.2) is 8.42 Å². The van der Waals surface area contributed by atoms with Crippen LogP contribution in [0, 0.1) is 0 Å². The largest absolute Gasteiger partial charge is 0.493 e. The number of rotatable bonds is 6. The maximum atomic E-state index is 12.2. The van der Waals surface area contributed by atoms with Crippen LogP contribution in [0.25, 0.3) is 0 Å². The molecule has 1 aliphatic rings. The molecule has 1 saturated heterocycles. The van der Waals surface area contributed by atoms with Crippen molar-refractivity contribution in [2.75, 3.05) is 32.8 Å². The minimum Gasteiger partial charge on any atom is -0.493 e. The van der Waals surface area contributed by atoms with Crippen LogP contribution in [0.1, 0.15) is 12.0 Å². The fourth-order valence-electron chi connectivity index (χ4n) is 2.66. The van der Waals surface area contributed by atoms with Gasteiger partial charge in [-0.2, -0.15) is 0 Å². The van der Waals surface area contributed by atoms with Gasteiger partial charge in [-0.05, 0) is 12.5 Å².